The number of benzene rings is 1. The van der Waals surface area contributed by atoms with E-state index in [-0.39, 0.29) is 12.0 Å². The summed E-state index contributed by atoms with van der Waals surface area (Å²) in [7, 11) is 3.49. The minimum absolute atomic E-state index is 0.0412. The van der Waals surface area contributed by atoms with Gasteiger partial charge < -0.3 is 14.4 Å². The maximum absolute atomic E-state index is 12.2. The normalized spacial score (nSPS) is 18.5. The van der Waals surface area contributed by atoms with Crippen molar-refractivity contribution in [2.24, 2.45) is 0 Å². The van der Waals surface area contributed by atoms with E-state index in [9.17, 15) is 4.79 Å². The van der Waals surface area contributed by atoms with Gasteiger partial charge in [0.25, 0.3) is 5.91 Å². The first-order valence-corrected chi connectivity index (χ1v) is 6.65. The molecule has 4 nitrogen and oxygen atoms in total. The number of carbonyl (C=O) groups excluding carboxylic acids is 1. The predicted molar refractivity (Wildman–Crippen MR) is 73.1 cm³/mol. The first kappa shape index (κ1) is 14.0. The van der Waals surface area contributed by atoms with Crippen LogP contribution < -0.4 is 0 Å². The molecule has 0 bridgehead atoms. The van der Waals surface area contributed by atoms with Gasteiger partial charge in [-0.15, -0.1) is 0 Å². The van der Waals surface area contributed by atoms with Crippen molar-refractivity contribution in [2.45, 2.75) is 25.6 Å². The third-order valence-corrected chi connectivity index (χ3v) is 3.36. The number of hydrogen-bond acceptors (Lipinski definition) is 3. The van der Waals surface area contributed by atoms with Crippen molar-refractivity contribution < 1.29 is 14.3 Å². The van der Waals surface area contributed by atoms with Gasteiger partial charge in [-0.05, 0) is 30.5 Å². The molecule has 1 atom stereocenters. The number of nitrogens with zero attached hydrogens (tertiary/aromatic N) is 1. The lowest BCUT2D eigenvalue weighted by Gasteiger charge is -2.21. The van der Waals surface area contributed by atoms with Crippen LogP contribution in [0.4, 0.5) is 0 Å². The smallest absolute Gasteiger partial charge is 0.253 e. The van der Waals surface area contributed by atoms with Gasteiger partial charge in [0.15, 0.2) is 0 Å². The summed E-state index contributed by atoms with van der Waals surface area (Å²) < 4.78 is 10.6. The monoisotopic (exact) mass is 263 g/mol. The van der Waals surface area contributed by atoms with Crippen molar-refractivity contribution in [1.29, 1.82) is 0 Å². The molecule has 0 spiro atoms. The minimum Gasteiger partial charge on any atom is -0.380 e. The molecule has 0 unspecified atom stereocenters. The Morgan fingerprint density at radius 3 is 2.74 bits per heavy atom. The Morgan fingerprint density at radius 2 is 2.16 bits per heavy atom. The van der Waals surface area contributed by atoms with Crippen molar-refractivity contribution in [2.75, 3.05) is 27.3 Å². The van der Waals surface area contributed by atoms with E-state index in [0.29, 0.717) is 18.7 Å². The van der Waals surface area contributed by atoms with Crippen LogP contribution in [0.5, 0.6) is 0 Å². The summed E-state index contributed by atoms with van der Waals surface area (Å²) in [5.41, 5.74) is 1.78. The number of methoxy groups -OCH3 is 1. The second-order valence-electron chi connectivity index (χ2n) is 4.95. The zero-order chi connectivity index (χ0) is 13.7. The van der Waals surface area contributed by atoms with Gasteiger partial charge in [0, 0.05) is 32.9 Å². The Hall–Kier alpha value is -1.39. The standard InChI is InChI=1S/C15H21NO3/c1-16(10-14-4-3-9-19-14)15(17)13-7-5-12(6-8-13)11-18-2/h5-8,14H,3-4,9-11H2,1-2H3/t14-/m1/s1. The molecule has 1 aliphatic rings. The highest BCUT2D eigenvalue weighted by Gasteiger charge is 2.20. The Balaban J connectivity index is 1.93. The Bertz CT molecular complexity index is 410. The molecular formula is C15H21NO3. The fraction of sp³-hybridized carbons (Fsp3) is 0.533. The highest BCUT2D eigenvalue weighted by molar-refractivity contribution is 5.94. The molecule has 1 heterocycles. The van der Waals surface area contributed by atoms with E-state index in [4.69, 9.17) is 9.47 Å². The first-order valence-electron chi connectivity index (χ1n) is 6.65. The van der Waals surface area contributed by atoms with Crippen LogP contribution in [0.1, 0.15) is 28.8 Å². The summed E-state index contributed by atoms with van der Waals surface area (Å²) in [5, 5.41) is 0. The van der Waals surface area contributed by atoms with Crippen LogP contribution in [-0.2, 0) is 16.1 Å². The summed E-state index contributed by atoms with van der Waals surface area (Å²) in [6.07, 6.45) is 2.34. The van der Waals surface area contributed by atoms with Crippen LogP contribution in [0.25, 0.3) is 0 Å². The Labute approximate surface area is 114 Å². The Kier molecular flexibility index (Phi) is 4.93. The number of carbonyl (C=O) groups is 1. The van der Waals surface area contributed by atoms with E-state index in [1.165, 1.54) is 0 Å². The van der Waals surface area contributed by atoms with E-state index >= 15 is 0 Å². The van der Waals surface area contributed by atoms with Crippen molar-refractivity contribution in [1.82, 2.24) is 4.90 Å². The quantitative estimate of drug-likeness (QED) is 0.816. The van der Waals surface area contributed by atoms with Crippen molar-refractivity contribution >= 4 is 5.91 Å². The van der Waals surface area contributed by atoms with Crippen LogP contribution in [0.2, 0.25) is 0 Å². The van der Waals surface area contributed by atoms with Gasteiger partial charge in [0.05, 0.1) is 12.7 Å². The molecule has 1 aromatic rings. The third-order valence-electron chi connectivity index (χ3n) is 3.36. The summed E-state index contributed by atoms with van der Waals surface area (Å²) in [6.45, 7) is 2.05. The van der Waals surface area contributed by atoms with Gasteiger partial charge in [-0.3, -0.25) is 4.79 Å². The van der Waals surface area contributed by atoms with Gasteiger partial charge >= 0.3 is 0 Å². The highest BCUT2D eigenvalue weighted by Crippen LogP contribution is 2.14. The van der Waals surface area contributed by atoms with E-state index in [0.717, 1.165) is 25.0 Å². The molecule has 4 heteroatoms. The first-order chi connectivity index (χ1) is 9.20. The molecular weight excluding hydrogens is 242 g/mol. The molecule has 2 rings (SSSR count). The molecule has 0 N–H and O–H groups in total. The number of likely N-dealkylation sites (N-methyl/N-ethyl adjacent to an activating group) is 1. The van der Waals surface area contributed by atoms with E-state index in [1.54, 1.807) is 12.0 Å². The lowest BCUT2D eigenvalue weighted by atomic mass is 10.1. The van der Waals surface area contributed by atoms with Crippen LogP contribution in [-0.4, -0.2) is 44.2 Å². The molecule has 1 aliphatic heterocycles. The lowest BCUT2D eigenvalue weighted by Crippen LogP contribution is -2.34. The maximum Gasteiger partial charge on any atom is 0.253 e. The topological polar surface area (TPSA) is 38.8 Å². The van der Waals surface area contributed by atoms with Crippen LogP contribution in [0, 0.1) is 0 Å². The van der Waals surface area contributed by atoms with Crippen molar-refractivity contribution in [3.8, 4) is 0 Å². The average Bonchev–Trinajstić information content (AvgIpc) is 2.92. The van der Waals surface area contributed by atoms with E-state index in [2.05, 4.69) is 0 Å². The summed E-state index contributed by atoms with van der Waals surface area (Å²) in [4.78, 5) is 14.0. The second-order valence-corrected chi connectivity index (χ2v) is 4.95. The van der Waals surface area contributed by atoms with Gasteiger partial charge in [-0.25, -0.2) is 0 Å². The molecule has 104 valence electrons. The molecule has 19 heavy (non-hydrogen) atoms. The summed E-state index contributed by atoms with van der Waals surface area (Å²) >= 11 is 0. The summed E-state index contributed by atoms with van der Waals surface area (Å²) in [5.74, 6) is 0.0412. The molecule has 0 saturated carbocycles. The van der Waals surface area contributed by atoms with Gasteiger partial charge in [-0.2, -0.15) is 0 Å². The molecule has 1 aromatic carbocycles. The maximum atomic E-state index is 12.2. The largest absolute Gasteiger partial charge is 0.380 e. The fourth-order valence-corrected chi connectivity index (χ4v) is 2.31. The van der Waals surface area contributed by atoms with Gasteiger partial charge in [0.2, 0.25) is 0 Å². The number of amides is 1. The summed E-state index contributed by atoms with van der Waals surface area (Å²) in [6, 6.07) is 7.55. The van der Waals surface area contributed by atoms with Gasteiger partial charge in [0.1, 0.15) is 0 Å². The molecule has 0 aliphatic carbocycles. The lowest BCUT2D eigenvalue weighted by molar-refractivity contribution is 0.0587. The predicted octanol–water partition coefficient (Wildman–Crippen LogP) is 2.08. The van der Waals surface area contributed by atoms with Crippen LogP contribution >= 0.6 is 0 Å². The van der Waals surface area contributed by atoms with E-state index in [1.807, 2.05) is 31.3 Å². The number of rotatable bonds is 5. The average molecular weight is 263 g/mol. The molecule has 1 fully saturated rings. The van der Waals surface area contributed by atoms with Crippen LogP contribution in [0.3, 0.4) is 0 Å². The molecule has 1 saturated heterocycles. The van der Waals surface area contributed by atoms with E-state index < -0.39 is 0 Å². The minimum atomic E-state index is 0.0412. The molecule has 0 aromatic heterocycles. The number of hydrogen-bond donors (Lipinski definition) is 0. The van der Waals surface area contributed by atoms with Crippen molar-refractivity contribution in [3.05, 3.63) is 35.4 Å². The fourth-order valence-electron chi connectivity index (χ4n) is 2.31. The number of ether oxygens (including phenoxy) is 2. The Morgan fingerprint density at radius 1 is 1.42 bits per heavy atom. The third kappa shape index (κ3) is 3.78. The zero-order valence-electron chi connectivity index (χ0n) is 11.6. The van der Waals surface area contributed by atoms with Gasteiger partial charge in [-0.1, -0.05) is 12.1 Å². The SMILES string of the molecule is COCc1ccc(C(=O)N(C)C[C@H]2CCCO2)cc1. The zero-order valence-corrected chi connectivity index (χ0v) is 11.6. The molecule has 0 radical (unpaired) electrons. The van der Waals surface area contributed by atoms with Crippen LogP contribution in [0.15, 0.2) is 24.3 Å². The molecule has 1 amide bonds. The highest BCUT2D eigenvalue weighted by atomic mass is 16.5. The second kappa shape index (κ2) is 6.68. The van der Waals surface area contributed by atoms with Crippen molar-refractivity contribution in [3.63, 3.8) is 0 Å².